The van der Waals surface area contributed by atoms with Crippen molar-refractivity contribution in [3.63, 3.8) is 0 Å². The largest absolute Gasteiger partial charge is 0.480 e. The summed E-state index contributed by atoms with van der Waals surface area (Å²) in [5, 5.41) is 11.8. The van der Waals surface area contributed by atoms with Crippen LogP contribution in [-0.4, -0.2) is 36.6 Å². The monoisotopic (exact) mass is 297 g/mol. The van der Waals surface area contributed by atoms with Crippen molar-refractivity contribution >= 4 is 23.0 Å². The molecule has 0 saturated carbocycles. The van der Waals surface area contributed by atoms with Crippen LogP contribution in [0.2, 0.25) is 0 Å². The Bertz CT molecular complexity index is 800. The minimum absolute atomic E-state index is 0.423. The zero-order valence-corrected chi connectivity index (χ0v) is 12.0. The van der Waals surface area contributed by atoms with E-state index in [0.717, 1.165) is 5.56 Å². The molecular formula is C15H15N5O2. The quantitative estimate of drug-likeness (QED) is 0.745. The zero-order valence-electron chi connectivity index (χ0n) is 12.0. The van der Waals surface area contributed by atoms with Crippen LogP contribution < -0.4 is 5.32 Å². The number of fused-ring (bicyclic) bond motifs is 1. The lowest BCUT2D eigenvalue weighted by molar-refractivity contribution is -0.137. The van der Waals surface area contributed by atoms with Gasteiger partial charge in [0, 0.05) is 0 Å². The molecule has 3 aromatic rings. The van der Waals surface area contributed by atoms with Crippen molar-refractivity contribution < 1.29 is 9.90 Å². The van der Waals surface area contributed by atoms with E-state index in [4.69, 9.17) is 5.11 Å². The molecule has 0 fully saturated rings. The van der Waals surface area contributed by atoms with Gasteiger partial charge >= 0.3 is 5.97 Å². The van der Waals surface area contributed by atoms with Crippen LogP contribution in [0.15, 0.2) is 43.0 Å². The summed E-state index contributed by atoms with van der Waals surface area (Å²) in [5.74, 6) is -0.526. The van der Waals surface area contributed by atoms with Gasteiger partial charge in [0.05, 0.1) is 12.9 Å². The van der Waals surface area contributed by atoms with E-state index in [1.165, 1.54) is 6.33 Å². The molecule has 2 heterocycles. The fourth-order valence-electron chi connectivity index (χ4n) is 2.15. The topological polar surface area (TPSA) is 92.9 Å². The van der Waals surface area contributed by atoms with E-state index in [1.54, 1.807) is 13.3 Å². The summed E-state index contributed by atoms with van der Waals surface area (Å²) >= 11 is 0. The maximum absolute atomic E-state index is 11.0. The summed E-state index contributed by atoms with van der Waals surface area (Å²) in [7, 11) is 0. The number of carboxylic acids is 1. The van der Waals surface area contributed by atoms with Gasteiger partial charge < -0.3 is 15.0 Å². The Kier molecular flexibility index (Phi) is 3.69. The number of nitrogens with zero attached hydrogens (tertiary/aromatic N) is 4. The molecular weight excluding hydrogens is 282 g/mol. The van der Waals surface area contributed by atoms with Gasteiger partial charge in [0.1, 0.15) is 17.9 Å². The third-order valence-electron chi connectivity index (χ3n) is 3.32. The minimum Gasteiger partial charge on any atom is -0.480 e. The van der Waals surface area contributed by atoms with Gasteiger partial charge in [-0.15, -0.1) is 0 Å². The van der Waals surface area contributed by atoms with Crippen LogP contribution in [0.4, 0.5) is 5.82 Å². The lowest BCUT2D eigenvalue weighted by atomic mass is 10.2. The second-order valence-corrected chi connectivity index (χ2v) is 4.96. The van der Waals surface area contributed by atoms with E-state index in [-0.39, 0.29) is 0 Å². The first-order valence-electron chi connectivity index (χ1n) is 6.84. The summed E-state index contributed by atoms with van der Waals surface area (Å²) in [6, 6.07) is 9.22. The molecule has 0 aliphatic heterocycles. The number of hydrogen-bond acceptors (Lipinski definition) is 5. The van der Waals surface area contributed by atoms with Crippen LogP contribution in [0.5, 0.6) is 0 Å². The van der Waals surface area contributed by atoms with Crippen LogP contribution in [0.1, 0.15) is 12.5 Å². The summed E-state index contributed by atoms with van der Waals surface area (Å²) in [6.07, 6.45) is 3.09. The van der Waals surface area contributed by atoms with E-state index >= 15 is 0 Å². The smallest absolute Gasteiger partial charge is 0.325 e. The van der Waals surface area contributed by atoms with E-state index < -0.39 is 12.0 Å². The normalized spacial score (nSPS) is 12.2. The summed E-state index contributed by atoms with van der Waals surface area (Å²) in [6.45, 7) is 2.19. The van der Waals surface area contributed by atoms with Crippen molar-refractivity contribution in [2.75, 3.05) is 5.32 Å². The summed E-state index contributed by atoms with van der Waals surface area (Å²) in [4.78, 5) is 23.6. The number of benzene rings is 1. The van der Waals surface area contributed by atoms with E-state index in [2.05, 4.69) is 20.3 Å². The number of carbonyl (C=O) groups is 1. The molecule has 0 spiro atoms. The van der Waals surface area contributed by atoms with Gasteiger partial charge in [-0.1, -0.05) is 30.3 Å². The second-order valence-electron chi connectivity index (χ2n) is 4.96. The first-order chi connectivity index (χ1) is 10.6. The lowest BCUT2D eigenvalue weighted by Gasteiger charge is -2.10. The number of aliphatic carboxylic acids is 1. The third kappa shape index (κ3) is 2.73. The summed E-state index contributed by atoms with van der Waals surface area (Å²) < 4.78 is 1.91. The van der Waals surface area contributed by atoms with Crippen molar-refractivity contribution in [2.45, 2.75) is 19.5 Å². The Labute approximate surface area is 126 Å². The average Bonchev–Trinajstić information content (AvgIpc) is 2.92. The van der Waals surface area contributed by atoms with Gasteiger partial charge in [-0.2, -0.15) is 0 Å². The molecule has 0 unspecified atom stereocenters. The van der Waals surface area contributed by atoms with Crippen LogP contribution >= 0.6 is 0 Å². The molecule has 112 valence electrons. The second kappa shape index (κ2) is 5.80. The molecule has 2 N–H and O–H groups in total. The fourth-order valence-corrected chi connectivity index (χ4v) is 2.15. The molecule has 0 amide bonds. The van der Waals surface area contributed by atoms with E-state index in [9.17, 15) is 4.79 Å². The molecule has 1 atom stereocenters. The van der Waals surface area contributed by atoms with Gasteiger partial charge in [-0.05, 0) is 12.5 Å². The Morgan fingerprint density at radius 1 is 1.27 bits per heavy atom. The minimum atomic E-state index is -0.949. The van der Waals surface area contributed by atoms with E-state index in [0.29, 0.717) is 23.5 Å². The highest BCUT2D eigenvalue weighted by atomic mass is 16.4. The lowest BCUT2D eigenvalue weighted by Crippen LogP contribution is -2.26. The highest BCUT2D eigenvalue weighted by molar-refractivity contribution is 5.85. The first kappa shape index (κ1) is 14.0. The first-order valence-corrected chi connectivity index (χ1v) is 6.84. The average molecular weight is 297 g/mol. The van der Waals surface area contributed by atoms with Crippen molar-refractivity contribution in [1.29, 1.82) is 0 Å². The standard InChI is InChI=1S/C15H15N5O2/c1-10(15(21)22)19-13-12-14(17-8-16-13)20(9-18-12)7-11-5-3-2-4-6-11/h2-6,8-10H,7H2,1H3,(H,21,22)(H,16,17,19)/t10-/m0/s1. The maximum atomic E-state index is 11.0. The molecule has 0 radical (unpaired) electrons. The Morgan fingerprint density at radius 3 is 2.77 bits per heavy atom. The number of carboxylic acid groups (broad SMARTS) is 1. The maximum Gasteiger partial charge on any atom is 0.325 e. The van der Waals surface area contributed by atoms with Crippen molar-refractivity contribution in [3.05, 3.63) is 48.5 Å². The van der Waals surface area contributed by atoms with Crippen molar-refractivity contribution in [1.82, 2.24) is 19.5 Å². The number of anilines is 1. The SMILES string of the molecule is C[C@H](Nc1ncnc2c1ncn2Cc1ccccc1)C(=O)O. The zero-order chi connectivity index (χ0) is 15.5. The molecule has 0 bridgehead atoms. The van der Waals surface area contributed by atoms with Gasteiger partial charge in [-0.3, -0.25) is 4.79 Å². The molecule has 3 rings (SSSR count). The molecule has 2 aromatic heterocycles. The van der Waals surface area contributed by atoms with Crippen LogP contribution in [0.25, 0.3) is 11.2 Å². The van der Waals surface area contributed by atoms with Gasteiger partial charge in [0.2, 0.25) is 0 Å². The van der Waals surface area contributed by atoms with Gasteiger partial charge in [0.25, 0.3) is 0 Å². The molecule has 7 nitrogen and oxygen atoms in total. The van der Waals surface area contributed by atoms with Crippen molar-refractivity contribution in [2.24, 2.45) is 0 Å². The van der Waals surface area contributed by atoms with Crippen LogP contribution in [-0.2, 0) is 11.3 Å². The molecule has 7 heteroatoms. The molecule has 22 heavy (non-hydrogen) atoms. The summed E-state index contributed by atoms with van der Waals surface area (Å²) in [5.41, 5.74) is 2.36. The molecule has 1 aromatic carbocycles. The Balaban J connectivity index is 1.93. The van der Waals surface area contributed by atoms with Crippen molar-refractivity contribution in [3.8, 4) is 0 Å². The van der Waals surface area contributed by atoms with Gasteiger partial charge in [-0.25, -0.2) is 15.0 Å². The molecule has 0 aliphatic carbocycles. The third-order valence-corrected chi connectivity index (χ3v) is 3.32. The highest BCUT2D eigenvalue weighted by Crippen LogP contribution is 2.19. The predicted octanol–water partition coefficient (Wildman–Crippen LogP) is 1.76. The van der Waals surface area contributed by atoms with Gasteiger partial charge in [0.15, 0.2) is 11.5 Å². The van der Waals surface area contributed by atoms with Crippen LogP contribution in [0.3, 0.4) is 0 Å². The Hall–Kier alpha value is -2.96. The van der Waals surface area contributed by atoms with Crippen LogP contribution in [0, 0.1) is 0 Å². The highest BCUT2D eigenvalue weighted by Gasteiger charge is 2.15. The number of aromatic nitrogens is 4. The number of nitrogens with one attached hydrogen (secondary N) is 1. The number of rotatable bonds is 5. The molecule has 0 saturated heterocycles. The predicted molar refractivity (Wildman–Crippen MR) is 81.6 cm³/mol. The Morgan fingerprint density at radius 2 is 2.05 bits per heavy atom. The fraction of sp³-hybridized carbons (Fsp3) is 0.200. The number of hydrogen-bond donors (Lipinski definition) is 2. The number of imidazole rings is 1. The van der Waals surface area contributed by atoms with E-state index in [1.807, 2.05) is 34.9 Å². The molecule has 0 aliphatic rings.